The highest BCUT2D eigenvalue weighted by Crippen LogP contribution is 2.37. The maximum Gasteiger partial charge on any atom is 0.254 e. The van der Waals surface area contributed by atoms with Crippen molar-refractivity contribution in [2.45, 2.75) is 51.6 Å². The molecule has 2 aromatic carbocycles. The Bertz CT molecular complexity index is 1210. The third-order valence-electron chi connectivity index (χ3n) is 7.78. The third kappa shape index (κ3) is 5.65. The Balaban J connectivity index is 1.22. The number of amides is 2. The zero-order valence-corrected chi connectivity index (χ0v) is 22.8. The Labute approximate surface area is 224 Å². The van der Waals surface area contributed by atoms with Crippen molar-refractivity contribution >= 4 is 23.2 Å². The van der Waals surface area contributed by atoms with Crippen molar-refractivity contribution in [2.75, 3.05) is 32.7 Å². The van der Waals surface area contributed by atoms with E-state index in [9.17, 15) is 9.59 Å². The van der Waals surface area contributed by atoms with E-state index in [-0.39, 0.29) is 23.9 Å². The predicted octanol–water partition coefficient (Wildman–Crippen LogP) is 5.41. The van der Waals surface area contributed by atoms with Gasteiger partial charge in [0.05, 0.1) is 12.6 Å². The second-order valence-corrected chi connectivity index (χ2v) is 11.3. The molecule has 0 radical (unpaired) electrons. The molecule has 5 nitrogen and oxygen atoms in total. The van der Waals surface area contributed by atoms with Gasteiger partial charge in [-0.25, -0.2) is 0 Å². The smallest absolute Gasteiger partial charge is 0.254 e. The van der Waals surface area contributed by atoms with Gasteiger partial charge in [0.2, 0.25) is 5.91 Å². The number of carbonyl (C=O) groups is 2. The van der Waals surface area contributed by atoms with Gasteiger partial charge < -0.3 is 9.80 Å². The first-order chi connectivity index (χ1) is 18.0. The largest absolute Gasteiger partial charge is 0.338 e. The SMILES string of the molecule is CCCCc1ccc(C(=O)N2CCN(C(=O)CN3CCc4sccc4[C@@H]3c3ccccc3)C[C@H]2C)cc1. The highest BCUT2D eigenvalue weighted by Gasteiger charge is 2.34. The lowest BCUT2D eigenvalue weighted by atomic mass is 9.93. The lowest BCUT2D eigenvalue weighted by Crippen LogP contribution is -2.57. The lowest BCUT2D eigenvalue weighted by molar-refractivity contribution is -0.135. The maximum atomic E-state index is 13.5. The molecule has 2 aliphatic rings. The van der Waals surface area contributed by atoms with Gasteiger partial charge in [0, 0.05) is 42.7 Å². The molecule has 2 aliphatic heterocycles. The average molecular weight is 516 g/mol. The van der Waals surface area contributed by atoms with Gasteiger partial charge in [-0.05, 0) is 66.5 Å². The Hall–Kier alpha value is -2.96. The Morgan fingerprint density at radius 1 is 0.973 bits per heavy atom. The van der Waals surface area contributed by atoms with Crippen molar-refractivity contribution in [3.63, 3.8) is 0 Å². The summed E-state index contributed by atoms with van der Waals surface area (Å²) >= 11 is 1.82. The van der Waals surface area contributed by atoms with Crippen LogP contribution in [-0.2, 0) is 17.6 Å². The molecule has 0 bridgehead atoms. The quantitative estimate of drug-likeness (QED) is 0.423. The molecule has 1 saturated heterocycles. The minimum absolute atomic E-state index is 0.0141. The molecule has 0 aliphatic carbocycles. The van der Waals surface area contributed by atoms with E-state index in [1.807, 2.05) is 39.3 Å². The van der Waals surface area contributed by atoms with Crippen LogP contribution in [-0.4, -0.2) is 65.3 Å². The van der Waals surface area contributed by atoms with Crippen LogP contribution in [0.3, 0.4) is 0 Å². The molecule has 37 heavy (non-hydrogen) atoms. The van der Waals surface area contributed by atoms with E-state index < -0.39 is 0 Å². The fourth-order valence-corrected chi connectivity index (χ4v) is 6.59. The van der Waals surface area contributed by atoms with Crippen LogP contribution in [0.15, 0.2) is 66.0 Å². The average Bonchev–Trinajstić information content (AvgIpc) is 3.41. The van der Waals surface area contributed by atoms with Crippen molar-refractivity contribution in [1.82, 2.24) is 14.7 Å². The number of hydrogen-bond acceptors (Lipinski definition) is 4. The minimum Gasteiger partial charge on any atom is -0.338 e. The number of hydrogen-bond donors (Lipinski definition) is 0. The molecule has 0 N–H and O–H groups in total. The summed E-state index contributed by atoms with van der Waals surface area (Å²) in [5, 5.41) is 2.17. The minimum atomic E-state index is -0.0141. The van der Waals surface area contributed by atoms with Gasteiger partial charge in [-0.2, -0.15) is 0 Å². The van der Waals surface area contributed by atoms with Gasteiger partial charge in [0.15, 0.2) is 0 Å². The number of carbonyl (C=O) groups excluding carboxylic acids is 2. The Kier molecular flexibility index (Phi) is 8.06. The normalized spacial score (nSPS) is 20.1. The molecule has 6 heteroatoms. The Morgan fingerprint density at radius 2 is 1.76 bits per heavy atom. The number of fused-ring (bicyclic) bond motifs is 1. The van der Waals surface area contributed by atoms with E-state index in [1.165, 1.54) is 28.0 Å². The fraction of sp³-hybridized carbons (Fsp3) is 0.419. The topological polar surface area (TPSA) is 43.9 Å². The third-order valence-corrected chi connectivity index (χ3v) is 8.78. The van der Waals surface area contributed by atoms with Gasteiger partial charge in [0.1, 0.15) is 0 Å². The summed E-state index contributed by atoms with van der Waals surface area (Å²) in [6, 6.07) is 20.9. The number of nitrogens with zero attached hydrogens (tertiary/aromatic N) is 3. The van der Waals surface area contributed by atoms with Crippen LogP contribution in [0.5, 0.6) is 0 Å². The highest BCUT2D eigenvalue weighted by atomic mass is 32.1. The molecule has 2 amide bonds. The van der Waals surface area contributed by atoms with Crippen LogP contribution in [0.1, 0.15) is 64.7 Å². The first-order valence-electron chi connectivity index (χ1n) is 13.6. The number of unbranched alkanes of at least 4 members (excludes halogenated alkanes) is 1. The molecule has 0 unspecified atom stereocenters. The molecule has 3 aromatic rings. The van der Waals surface area contributed by atoms with Gasteiger partial charge in [-0.1, -0.05) is 55.8 Å². The molecule has 0 spiro atoms. The van der Waals surface area contributed by atoms with Crippen molar-refractivity contribution in [3.8, 4) is 0 Å². The molecule has 2 atom stereocenters. The van der Waals surface area contributed by atoms with Crippen LogP contribution < -0.4 is 0 Å². The zero-order valence-electron chi connectivity index (χ0n) is 21.9. The summed E-state index contributed by atoms with van der Waals surface area (Å²) in [5.41, 5.74) is 4.58. The first-order valence-corrected chi connectivity index (χ1v) is 14.5. The molecule has 0 saturated carbocycles. The monoisotopic (exact) mass is 515 g/mol. The Morgan fingerprint density at radius 3 is 2.49 bits per heavy atom. The molecule has 3 heterocycles. The summed E-state index contributed by atoms with van der Waals surface area (Å²) in [6.07, 6.45) is 4.37. The summed E-state index contributed by atoms with van der Waals surface area (Å²) in [6.45, 7) is 7.25. The number of benzene rings is 2. The molecular weight excluding hydrogens is 478 g/mol. The molecule has 1 aromatic heterocycles. The van der Waals surface area contributed by atoms with Crippen molar-refractivity contribution in [3.05, 3.63) is 93.2 Å². The van der Waals surface area contributed by atoms with Crippen molar-refractivity contribution in [1.29, 1.82) is 0 Å². The van der Waals surface area contributed by atoms with E-state index in [0.29, 0.717) is 26.2 Å². The number of aryl methyl sites for hydroxylation is 1. The number of rotatable bonds is 7. The van der Waals surface area contributed by atoms with Gasteiger partial charge in [-0.3, -0.25) is 14.5 Å². The van der Waals surface area contributed by atoms with E-state index in [0.717, 1.165) is 31.4 Å². The van der Waals surface area contributed by atoms with Gasteiger partial charge in [-0.15, -0.1) is 11.3 Å². The standard InChI is InChI=1S/C31H37N3O2S/c1-3-4-8-24-11-13-26(14-12-24)31(36)34-19-18-32(21-23(34)2)29(35)22-33-17-15-28-27(16-20-37-28)30(33)25-9-6-5-7-10-25/h5-7,9-14,16,20,23,30H,3-4,8,15,17-19,21-22H2,1-2H3/t23-,30+/m1/s1. The van der Waals surface area contributed by atoms with Crippen LogP contribution in [0.25, 0.3) is 0 Å². The summed E-state index contributed by atoms with van der Waals surface area (Å²) in [7, 11) is 0. The predicted molar refractivity (Wildman–Crippen MR) is 150 cm³/mol. The second kappa shape index (κ2) is 11.6. The number of thiophene rings is 1. The first kappa shape index (κ1) is 25.7. The summed E-state index contributed by atoms with van der Waals surface area (Å²) in [5.74, 6) is 0.214. The highest BCUT2D eigenvalue weighted by molar-refractivity contribution is 7.10. The van der Waals surface area contributed by atoms with E-state index in [4.69, 9.17) is 0 Å². The summed E-state index contributed by atoms with van der Waals surface area (Å²) < 4.78 is 0. The molecule has 194 valence electrons. The van der Waals surface area contributed by atoms with Gasteiger partial charge in [0.25, 0.3) is 5.91 Å². The summed E-state index contributed by atoms with van der Waals surface area (Å²) in [4.78, 5) is 34.4. The molecule has 5 rings (SSSR count). The van der Waals surface area contributed by atoms with Crippen LogP contribution in [0.2, 0.25) is 0 Å². The van der Waals surface area contributed by atoms with Crippen molar-refractivity contribution in [2.24, 2.45) is 0 Å². The fourth-order valence-electron chi connectivity index (χ4n) is 5.68. The van der Waals surface area contributed by atoms with E-state index >= 15 is 0 Å². The van der Waals surface area contributed by atoms with Crippen LogP contribution >= 0.6 is 11.3 Å². The lowest BCUT2D eigenvalue weighted by Gasteiger charge is -2.42. The van der Waals surface area contributed by atoms with Crippen LogP contribution in [0.4, 0.5) is 0 Å². The maximum absolute atomic E-state index is 13.5. The zero-order chi connectivity index (χ0) is 25.8. The van der Waals surface area contributed by atoms with E-state index in [1.54, 1.807) is 0 Å². The molecule has 1 fully saturated rings. The van der Waals surface area contributed by atoms with Crippen molar-refractivity contribution < 1.29 is 9.59 Å². The number of piperazine rings is 1. The van der Waals surface area contributed by atoms with Crippen LogP contribution in [0, 0.1) is 0 Å². The second-order valence-electron chi connectivity index (χ2n) is 10.3. The van der Waals surface area contributed by atoms with E-state index in [2.05, 4.69) is 66.6 Å². The molecular formula is C31H37N3O2S. The van der Waals surface area contributed by atoms with Gasteiger partial charge >= 0.3 is 0 Å².